The highest BCUT2D eigenvalue weighted by Crippen LogP contribution is 2.21. The van der Waals surface area contributed by atoms with Crippen molar-refractivity contribution in [1.29, 1.82) is 0 Å². The largest absolute Gasteiger partial charge is 0.378 e. The van der Waals surface area contributed by atoms with Gasteiger partial charge in [-0.1, -0.05) is 17.7 Å². The van der Waals surface area contributed by atoms with Crippen molar-refractivity contribution in [1.82, 2.24) is 35.0 Å². The molecular formula is C22H21ClN8O. The van der Waals surface area contributed by atoms with Gasteiger partial charge in [0.15, 0.2) is 11.6 Å². The molecule has 0 fully saturated rings. The number of halogens is 1. The van der Waals surface area contributed by atoms with Gasteiger partial charge in [0.2, 0.25) is 0 Å². The van der Waals surface area contributed by atoms with Crippen LogP contribution in [0.2, 0.25) is 5.02 Å². The molecule has 0 bridgehead atoms. The lowest BCUT2D eigenvalue weighted by Gasteiger charge is -2.15. The fraction of sp³-hybridized carbons (Fsp3) is 0.182. The second-order valence-corrected chi connectivity index (χ2v) is 7.50. The molecule has 0 spiro atoms. The third kappa shape index (κ3) is 4.73. The topological polar surface area (TPSA) is 111 Å². The van der Waals surface area contributed by atoms with Crippen molar-refractivity contribution in [2.75, 3.05) is 5.32 Å². The van der Waals surface area contributed by atoms with Crippen LogP contribution in [-0.4, -0.2) is 35.6 Å². The lowest BCUT2D eigenvalue weighted by Crippen LogP contribution is -2.27. The summed E-state index contributed by atoms with van der Waals surface area (Å²) >= 11 is 6.18. The molecule has 32 heavy (non-hydrogen) atoms. The number of hydrogen-bond acceptors (Lipinski definition) is 7. The van der Waals surface area contributed by atoms with Gasteiger partial charge in [-0.05, 0) is 43.3 Å². The number of nitrogens with one attached hydrogen (secondary N) is 2. The van der Waals surface area contributed by atoms with E-state index in [0.29, 0.717) is 34.3 Å². The molecule has 0 saturated heterocycles. The first-order valence-corrected chi connectivity index (χ1v) is 10.3. The summed E-state index contributed by atoms with van der Waals surface area (Å²) < 4.78 is 1.87. The average molecular weight is 449 g/mol. The fourth-order valence-electron chi connectivity index (χ4n) is 3.18. The van der Waals surface area contributed by atoms with Crippen LogP contribution in [0.25, 0.3) is 11.5 Å². The first kappa shape index (κ1) is 21.4. The first-order valence-electron chi connectivity index (χ1n) is 9.93. The molecule has 3 aromatic heterocycles. The second kappa shape index (κ2) is 9.52. The summed E-state index contributed by atoms with van der Waals surface area (Å²) in [5.74, 6) is 1.17. The number of rotatable bonds is 7. The highest BCUT2D eigenvalue weighted by atomic mass is 35.5. The van der Waals surface area contributed by atoms with Gasteiger partial charge in [0.25, 0.3) is 5.91 Å². The van der Waals surface area contributed by atoms with Gasteiger partial charge >= 0.3 is 0 Å². The van der Waals surface area contributed by atoms with E-state index in [1.807, 2.05) is 30.7 Å². The van der Waals surface area contributed by atoms with Crippen molar-refractivity contribution in [3.05, 3.63) is 83.3 Å². The average Bonchev–Trinajstić information content (AvgIpc) is 3.19. The summed E-state index contributed by atoms with van der Waals surface area (Å²) in [7, 11) is 1.88. The minimum absolute atomic E-state index is 0.215. The summed E-state index contributed by atoms with van der Waals surface area (Å²) in [4.78, 5) is 25.1. The molecular weight excluding hydrogens is 428 g/mol. The number of aromatic nitrogens is 6. The number of nitrogens with zero attached hydrogens (tertiary/aromatic N) is 6. The molecule has 3 heterocycles. The summed E-state index contributed by atoms with van der Waals surface area (Å²) in [5, 5.41) is 15.2. The van der Waals surface area contributed by atoms with Crippen LogP contribution in [0.5, 0.6) is 0 Å². The molecule has 4 rings (SSSR count). The lowest BCUT2D eigenvalue weighted by molar-refractivity contribution is 0.0939. The van der Waals surface area contributed by atoms with Crippen LogP contribution in [0.1, 0.15) is 34.8 Å². The second-order valence-electron chi connectivity index (χ2n) is 7.09. The van der Waals surface area contributed by atoms with Crippen LogP contribution in [0.3, 0.4) is 0 Å². The zero-order valence-corrected chi connectivity index (χ0v) is 18.3. The van der Waals surface area contributed by atoms with Gasteiger partial charge < -0.3 is 15.2 Å². The third-order valence-corrected chi connectivity index (χ3v) is 5.22. The Morgan fingerprint density at radius 1 is 1.12 bits per heavy atom. The van der Waals surface area contributed by atoms with E-state index in [1.165, 1.54) is 6.33 Å². The van der Waals surface area contributed by atoms with Gasteiger partial charge in [0, 0.05) is 30.7 Å². The highest BCUT2D eigenvalue weighted by molar-refractivity contribution is 6.31. The van der Waals surface area contributed by atoms with Crippen molar-refractivity contribution in [2.24, 2.45) is 7.05 Å². The first-order chi connectivity index (χ1) is 15.5. The molecule has 2 N–H and O–H groups in total. The number of benzene rings is 1. The molecule has 0 saturated carbocycles. The van der Waals surface area contributed by atoms with Gasteiger partial charge in [0.1, 0.15) is 12.0 Å². The van der Waals surface area contributed by atoms with Crippen molar-refractivity contribution in [3.63, 3.8) is 0 Å². The molecule has 0 aliphatic heterocycles. The minimum Gasteiger partial charge on any atom is -0.378 e. The summed E-state index contributed by atoms with van der Waals surface area (Å²) in [5.41, 5.74) is 2.63. The van der Waals surface area contributed by atoms with Crippen molar-refractivity contribution in [3.8, 4) is 11.5 Å². The van der Waals surface area contributed by atoms with Crippen LogP contribution in [-0.2, 0) is 13.6 Å². The maximum absolute atomic E-state index is 12.7. The molecule has 0 unspecified atom stereocenters. The van der Waals surface area contributed by atoms with Gasteiger partial charge in [-0.15, -0.1) is 10.2 Å². The van der Waals surface area contributed by atoms with Gasteiger partial charge in [-0.2, -0.15) is 0 Å². The summed E-state index contributed by atoms with van der Waals surface area (Å²) in [6, 6.07) is 12.2. The quantitative estimate of drug-likeness (QED) is 0.445. The zero-order valence-electron chi connectivity index (χ0n) is 17.5. The third-order valence-electron chi connectivity index (χ3n) is 4.90. The molecule has 1 amide bonds. The Balaban J connectivity index is 1.42. The van der Waals surface area contributed by atoms with E-state index in [-0.39, 0.29) is 11.9 Å². The normalized spacial score (nSPS) is 11.7. The van der Waals surface area contributed by atoms with E-state index >= 15 is 0 Å². The van der Waals surface area contributed by atoms with Crippen LogP contribution < -0.4 is 10.6 Å². The molecule has 162 valence electrons. The maximum Gasteiger partial charge on any atom is 0.251 e. The Labute approximate surface area is 189 Å². The molecule has 0 radical (unpaired) electrons. The monoisotopic (exact) mass is 448 g/mol. The van der Waals surface area contributed by atoms with Crippen molar-refractivity contribution >= 4 is 23.2 Å². The van der Waals surface area contributed by atoms with Gasteiger partial charge in [0.05, 0.1) is 23.3 Å². The molecule has 4 aromatic rings. The Kier molecular flexibility index (Phi) is 6.37. The number of anilines is 1. The van der Waals surface area contributed by atoms with Crippen LogP contribution in [0.15, 0.2) is 61.2 Å². The van der Waals surface area contributed by atoms with Crippen molar-refractivity contribution in [2.45, 2.75) is 19.5 Å². The lowest BCUT2D eigenvalue weighted by atomic mass is 10.1. The van der Waals surface area contributed by atoms with E-state index in [9.17, 15) is 4.79 Å². The fourth-order valence-corrected chi connectivity index (χ4v) is 3.46. The Morgan fingerprint density at radius 2 is 2.00 bits per heavy atom. The number of carbonyl (C=O) groups excluding carboxylic acids is 1. The van der Waals surface area contributed by atoms with Gasteiger partial charge in [-0.3, -0.25) is 9.78 Å². The molecule has 1 atom stereocenters. The van der Waals surface area contributed by atoms with E-state index < -0.39 is 0 Å². The minimum atomic E-state index is -0.327. The zero-order chi connectivity index (χ0) is 22.5. The number of pyridine rings is 1. The number of hydrogen-bond donors (Lipinski definition) is 2. The van der Waals surface area contributed by atoms with Crippen LogP contribution >= 0.6 is 11.6 Å². The van der Waals surface area contributed by atoms with Crippen molar-refractivity contribution < 1.29 is 4.79 Å². The Bertz CT molecular complexity index is 1230. The summed E-state index contributed by atoms with van der Waals surface area (Å²) in [6.45, 7) is 2.27. The number of amides is 1. The number of carbonyl (C=O) groups is 1. The maximum atomic E-state index is 12.7. The predicted octanol–water partition coefficient (Wildman–Crippen LogP) is 3.42. The van der Waals surface area contributed by atoms with E-state index in [0.717, 1.165) is 11.5 Å². The van der Waals surface area contributed by atoms with Crippen LogP contribution in [0.4, 0.5) is 5.69 Å². The molecule has 0 aliphatic rings. The standard InChI is InChI=1S/C22H21ClN8O/c1-14(20-17(23)7-4-9-25-20)28-22(32)15-5-3-6-16(11-15)26-12-19-29-30-21(31(19)2)18-8-10-24-13-27-18/h3-11,13-14,26H,12H2,1-2H3,(H,28,32)/t14-/m1/s1. The van der Waals surface area contributed by atoms with E-state index in [4.69, 9.17) is 11.6 Å². The van der Waals surface area contributed by atoms with E-state index in [1.54, 1.807) is 42.7 Å². The van der Waals surface area contributed by atoms with Crippen LogP contribution in [0, 0.1) is 0 Å². The molecule has 10 heteroatoms. The molecule has 0 aliphatic carbocycles. The molecule has 9 nitrogen and oxygen atoms in total. The SMILES string of the molecule is C[C@@H](NC(=O)c1cccc(NCc2nnc(-c3ccncn3)n2C)c1)c1ncccc1Cl. The van der Waals surface area contributed by atoms with Gasteiger partial charge in [-0.25, -0.2) is 9.97 Å². The predicted molar refractivity (Wildman–Crippen MR) is 121 cm³/mol. The smallest absolute Gasteiger partial charge is 0.251 e. The summed E-state index contributed by atoms with van der Waals surface area (Å²) in [6.07, 6.45) is 4.78. The molecule has 1 aromatic carbocycles. The Hall–Kier alpha value is -3.85. The highest BCUT2D eigenvalue weighted by Gasteiger charge is 2.16. The van der Waals surface area contributed by atoms with E-state index in [2.05, 4.69) is 35.8 Å². The Morgan fingerprint density at radius 3 is 2.78 bits per heavy atom.